The summed E-state index contributed by atoms with van der Waals surface area (Å²) >= 11 is 0. The van der Waals surface area contributed by atoms with Crippen LogP contribution in [0.5, 0.6) is 0 Å². The lowest BCUT2D eigenvalue weighted by atomic mass is 10.1. The van der Waals surface area contributed by atoms with Gasteiger partial charge < -0.3 is 9.69 Å². The van der Waals surface area contributed by atoms with Gasteiger partial charge >= 0.3 is 0 Å². The molecule has 0 spiro atoms. The van der Waals surface area contributed by atoms with E-state index >= 15 is 0 Å². The van der Waals surface area contributed by atoms with Crippen LogP contribution in [-0.2, 0) is 17.8 Å². The molecular formula is C20H35N2OP. The number of rotatable bonds is 9. The topological polar surface area (TPSA) is 23.6 Å². The Morgan fingerprint density at radius 3 is 2.08 bits per heavy atom. The van der Waals surface area contributed by atoms with Gasteiger partial charge in [-0.2, -0.15) is 0 Å². The Balaban J connectivity index is 0.00000139. The molecule has 0 radical (unpaired) electrons. The second kappa shape index (κ2) is 13.5. The zero-order valence-electron chi connectivity index (χ0n) is 15.5. The van der Waals surface area contributed by atoms with Crippen molar-refractivity contribution in [1.82, 2.24) is 9.80 Å². The Labute approximate surface area is 151 Å². The first-order valence-electron chi connectivity index (χ1n) is 9.35. The zero-order chi connectivity index (χ0) is 17.6. The van der Waals surface area contributed by atoms with Gasteiger partial charge in [0.1, 0.15) is 6.29 Å². The van der Waals surface area contributed by atoms with Crippen LogP contribution in [0.25, 0.3) is 0 Å². The van der Waals surface area contributed by atoms with Crippen LogP contribution in [0.4, 0.5) is 0 Å². The molecule has 1 aliphatic rings. The molecule has 2 rings (SSSR count). The third kappa shape index (κ3) is 8.37. The lowest BCUT2D eigenvalue weighted by molar-refractivity contribution is -0.107. The van der Waals surface area contributed by atoms with Crippen LogP contribution in [-0.4, -0.2) is 55.5 Å². The van der Waals surface area contributed by atoms with E-state index in [9.17, 15) is 4.79 Å². The van der Waals surface area contributed by atoms with Gasteiger partial charge in [-0.3, -0.25) is 4.90 Å². The molecule has 0 amide bonds. The maximum Gasteiger partial charge on any atom is 0.119 e. The van der Waals surface area contributed by atoms with E-state index in [1.807, 2.05) is 6.66 Å². The summed E-state index contributed by atoms with van der Waals surface area (Å²) in [4.78, 5) is 15.4. The van der Waals surface area contributed by atoms with Crippen molar-refractivity contribution < 1.29 is 4.79 Å². The normalized spacial score (nSPS) is 15.6. The van der Waals surface area contributed by atoms with Gasteiger partial charge in [-0.05, 0) is 36.9 Å². The number of unbranched alkanes of at least 4 members (excludes halogenated alkanes) is 3. The molecular weight excluding hydrogens is 315 g/mol. The Hall–Kier alpha value is -0.760. The van der Waals surface area contributed by atoms with E-state index in [0.29, 0.717) is 0 Å². The highest BCUT2D eigenvalue weighted by Gasteiger charge is 2.16. The van der Waals surface area contributed by atoms with Crippen LogP contribution in [0.3, 0.4) is 0 Å². The van der Waals surface area contributed by atoms with Gasteiger partial charge in [0.25, 0.3) is 0 Å². The standard InChI is InChI=1S/C19H30N2O.CH5P/c1-2-18-7-9-19(10-8-18)17-21-14-12-20(13-15-21)11-5-3-4-6-16-22;1-2/h7-10,16H,2-6,11-15,17H2,1H3;2H2,1H3. The number of hydrogen-bond donors (Lipinski definition) is 0. The predicted molar refractivity (Wildman–Crippen MR) is 108 cm³/mol. The molecule has 1 atom stereocenters. The van der Waals surface area contributed by atoms with E-state index in [-0.39, 0.29) is 0 Å². The van der Waals surface area contributed by atoms with Crippen molar-refractivity contribution in [2.24, 2.45) is 0 Å². The van der Waals surface area contributed by atoms with Crippen LogP contribution in [0.1, 0.15) is 43.7 Å². The van der Waals surface area contributed by atoms with Crippen LogP contribution in [0.2, 0.25) is 0 Å². The summed E-state index contributed by atoms with van der Waals surface area (Å²) in [6.07, 6.45) is 6.34. The Morgan fingerprint density at radius 1 is 0.917 bits per heavy atom. The molecule has 24 heavy (non-hydrogen) atoms. The Morgan fingerprint density at radius 2 is 1.50 bits per heavy atom. The number of piperazine rings is 1. The summed E-state index contributed by atoms with van der Waals surface area (Å²) in [5.74, 6) is 0. The molecule has 4 heteroatoms. The van der Waals surface area contributed by atoms with Crippen molar-refractivity contribution in [1.29, 1.82) is 0 Å². The van der Waals surface area contributed by atoms with E-state index in [4.69, 9.17) is 0 Å². The van der Waals surface area contributed by atoms with Crippen molar-refractivity contribution in [2.45, 2.75) is 45.6 Å². The van der Waals surface area contributed by atoms with Crippen molar-refractivity contribution in [3.8, 4) is 0 Å². The van der Waals surface area contributed by atoms with Gasteiger partial charge in [0.05, 0.1) is 0 Å². The molecule has 0 aromatic heterocycles. The van der Waals surface area contributed by atoms with E-state index in [1.54, 1.807) is 0 Å². The van der Waals surface area contributed by atoms with Gasteiger partial charge in [0.2, 0.25) is 0 Å². The summed E-state index contributed by atoms with van der Waals surface area (Å²) in [5, 5.41) is 0. The van der Waals surface area contributed by atoms with Gasteiger partial charge in [-0.25, -0.2) is 0 Å². The minimum atomic E-state index is 0.727. The number of carbonyl (C=O) groups excluding carboxylic acids is 1. The molecule has 3 nitrogen and oxygen atoms in total. The number of hydrogen-bond acceptors (Lipinski definition) is 3. The van der Waals surface area contributed by atoms with Crippen molar-refractivity contribution in [3.05, 3.63) is 35.4 Å². The number of carbonyl (C=O) groups is 1. The molecule has 0 N–H and O–H groups in total. The fraction of sp³-hybridized carbons (Fsp3) is 0.650. The molecule has 1 fully saturated rings. The van der Waals surface area contributed by atoms with Crippen LogP contribution < -0.4 is 0 Å². The van der Waals surface area contributed by atoms with Gasteiger partial charge in [0, 0.05) is 39.1 Å². The lowest BCUT2D eigenvalue weighted by Crippen LogP contribution is -2.46. The monoisotopic (exact) mass is 350 g/mol. The first-order chi connectivity index (χ1) is 11.8. The first-order valence-corrected chi connectivity index (χ1v) is 10.5. The summed E-state index contributed by atoms with van der Waals surface area (Å²) in [6.45, 7) is 11.1. The largest absolute Gasteiger partial charge is 0.303 e. The molecule has 1 saturated heterocycles. The van der Waals surface area contributed by atoms with Crippen molar-refractivity contribution >= 4 is 15.5 Å². The number of benzene rings is 1. The third-order valence-corrected chi connectivity index (χ3v) is 4.60. The smallest absolute Gasteiger partial charge is 0.119 e. The summed E-state index contributed by atoms with van der Waals surface area (Å²) in [6, 6.07) is 9.06. The third-order valence-electron chi connectivity index (χ3n) is 4.60. The summed E-state index contributed by atoms with van der Waals surface area (Å²) in [7, 11) is 2.42. The summed E-state index contributed by atoms with van der Waals surface area (Å²) in [5.41, 5.74) is 2.85. The van der Waals surface area contributed by atoms with Gasteiger partial charge in [-0.15, -0.1) is 9.24 Å². The Bertz CT molecular complexity index is 428. The second-order valence-electron chi connectivity index (χ2n) is 6.30. The van der Waals surface area contributed by atoms with E-state index < -0.39 is 0 Å². The average molecular weight is 350 g/mol. The number of aldehydes is 1. The van der Waals surface area contributed by atoms with Crippen LogP contribution >= 0.6 is 9.24 Å². The van der Waals surface area contributed by atoms with E-state index in [1.165, 1.54) is 56.7 Å². The molecule has 1 unspecified atom stereocenters. The van der Waals surface area contributed by atoms with Crippen molar-refractivity contribution in [3.63, 3.8) is 0 Å². The SMILES string of the molecule is CCc1ccc(CN2CCN(CCCCCC=O)CC2)cc1.CP. The molecule has 136 valence electrons. The highest BCUT2D eigenvalue weighted by atomic mass is 31.0. The maximum atomic E-state index is 10.3. The van der Waals surface area contributed by atoms with Crippen molar-refractivity contribution in [2.75, 3.05) is 39.4 Å². The predicted octanol–water partition coefficient (Wildman–Crippen LogP) is 3.62. The van der Waals surface area contributed by atoms with Gasteiger partial charge in [-0.1, -0.05) is 44.3 Å². The van der Waals surface area contributed by atoms with Crippen LogP contribution in [0, 0.1) is 0 Å². The van der Waals surface area contributed by atoms with E-state index in [2.05, 4.69) is 50.2 Å². The molecule has 1 aromatic carbocycles. The quantitative estimate of drug-likeness (QED) is 0.386. The fourth-order valence-electron chi connectivity index (χ4n) is 3.05. The molecule has 1 aliphatic heterocycles. The maximum absolute atomic E-state index is 10.3. The minimum absolute atomic E-state index is 0.727. The fourth-order valence-corrected chi connectivity index (χ4v) is 3.05. The number of aryl methyl sites for hydroxylation is 1. The second-order valence-corrected chi connectivity index (χ2v) is 6.30. The molecule has 0 saturated carbocycles. The Kier molecular flexibility index (Phi) is 12.0. The molecule has 1 heterocycles. The average Bonchev–Trinajstić information content (AvgIpc) is 2.65. The molecule has 0 bridgehead atoms. The highest BCUT2D eigenvalue weighted by molar-refractivity contribution is 7.15. The van der Waals surface area contributed by atoms with E-state index in [0.717, 1.165) is 32.1 Å². The molecule has 1 aromatic rings. The molecule has 0 aliphatic carbocycles. The lowest BCUT2D eigenvalue weighted by Gasteiger charge is -2.34. The highest BCUT2D eigenvalue weighted by Crippen LogP contribution is 2.11. The summed E-state index contributed by atoms with van der Waals surface area (Å²) < 4.78 is 0. The van der Waals surface area contributed by atoms with Crippen LogP contribution in [0.15, 0.2) is 24.3 Å². The van der Waals surface area contributed by atoms with Gasteiger partial charge in [0.15, 0.2) is 0 Å². The first kappa shape index (κ1) is 21.3. The zero-order valence-corrected chi connectivity index (χ0v) is 16.7. The minimum Gasteiger partial charge on any atom is -0.303 e. The number of nitrogens with zero attached hydrogens (tertiary/aromatic N) is 2.